The monoisotopic (exact) mass is 295 g/mol. The summed E-state index contributed by atoms with van der Waals surface area (Å²) in [7, 11) is 0. The van der Waals surface area contributed by atoms with Crippen LogP contribution < -0.4 is 10.6 Å². The molecule has 0 saturated carbocycles. The number of carbonyl (C=O) groups excluding carboxylic acids is 1. The van der Waals surface area contributed by atoms with Crippen molar-refractivity contribution in [2.45, 2.75) is 6.54 Å². The van der Waals surface area contributed by atoms with Gasteiger partial charge in [-0.05, 0) is 23.6 Å². The molecule has 3 N–H and O–H groups in total. The van der Waals surface area contributed by atoms with E-state index >= 15 is 0 Å². The number of nitrogens with one attached hydrogen (secondary N) is 1. The van der Waals surface area contributed by atoms with E-state index in [-0.39, 0.29) is 5.91 Å². The maximum absolute atomic E-state index is 11.7. The highest BCUT2D eigenvalue weighted by Gasteiger charge is 2.05. The summed E-state index contributed by atoms with van der Waals surface area (Å²) in [4.78, 5) is 12.4. The van der Waals surface area contributed by atoms with Crippen LogP contribution in [0.2, 0.25) is 5.02 Å². The number of hydrogen-bond donors (Lipinski definition) is 2. The van der Waals surface area contributed by atoms with E-state index in [2.05, 4.69) is 10.6 Å². The second-order valence-electron chi connectivity index (χ2n) is 4.14. The van der Waals surface area contributed by atoms with Crippen LogP contribution in [-0.4, -0.2) is 19.0 Å². The van der Waals surface area contributed by atoms with Crippen LogP contribution in [0.3, 0.4) is 0 Å². The van der Waals surface area contributed by atoms with Gasteiger partial charge >= 0.3 is 0 Å². The fourth-order valence-corrected chi connectivity index (χ4v) is 2.57. The Labute approximate surface area is 121 Å². The lowest BCUT2D eigenvalue weighted by Gasteiger charge is -2.04. The molecule has 0 radical (unpaired) electrons. The Balaban J connectivity index is 1.64. The molecule has 1 aromatic heterocycles. The number of halogens is 1. The molecular formula is C14H16ClN2OS+. The van der Waals surface area contributed by atoms with E-state index in [0.29, 0.717) is 6.54 Å². The van der Waals surface area contributed by atoms with Crippen molar-refractivity contribution in [3.8, 4) is 0 Å². The molecule has 0 saturated heterocycles. The molecule has 0 unspecified atom stereocenters. The smallest absolute Gasteiger partial charge is 0.261 e. The summed E-state index contributed by atoms with van der Waals surface area (Å²) in [5.74, 6) is 0.00570. The van der Waals surface area contributed by atoms with E-state index < -0.39 is 0 Å². The summed E-state index contributed by atoms with van der Waals surface area (Å²) in [6.45, 7) is 2.39. The molecule has 2 rings (SSSR count). The van der Waals surface area contributed by atoms with Crippen molar-refractivity contribution in [2.24, 2.45) is 0 Å². The molecule has 100 valence electrons. The minimum atomic E-state index is 0.00570. The zero-order valence-corrected chi connectivity index (χ0v) is 12.0. The Hall–Kier alpha value is -1.36. The SMILES string of the molecule is O=C(NCC[NH2+]Cc1cccc(Cl)c1)c1cccs1. The molecule has 0 atom stereocenters. The van der Waals surface area contributed by atoms with Crippen LogP contribution in [0.1, 0.15) is 15.2 Å². The summed E-state index contributed by atoms with van der Waals surface area (Å²) < 4.78 is 0. The molecule has 0 bridgehead atoms. The molecule has 3 nitrogen and oxygen atoms in total. The largest absolute Gasteiger partial charge is 0.346 e. The number of nitrogens with two attached hydrogens (primary N) is 1. The molecule has 5 heteroatoms. The molecule has 0 aliphatic rings. The van der Waals surface area contributed by atoms with Crippen LogP contribution in [0.5, 0.6) is 0 Å². The summed E-state index contributed by atoms with van der Waals surface area (Å²) in [5, 5.41) is 7.71. The number of quaternary nitrogens is 1. The standard InChI is InChI=1S/C14H15ClN2OS/c15-12-4-1-3-11(9-12)10-16-6-7-17-14(18)13-5-2-8-19-13/h1-5,8-9,16H,6-7,10H2,(H,17,18)/p+1. The molecule has 1 amide bonds. The van der Waals surface area contributed by atoms with Crippen LogP contribution in [0, 0.1) is 0 Å². The van der Waals surface area contributed by atoms with Gasteiger partial charge in [0.25, 0.3) is 5.91 Å². The first-order valence-corrected chi connectivity index (χ1v) is 7.39. The Bertz CT molecular complexity index is 528. The van der Waals surface area contributed by atoms with Crippen LogP contribution in [0.15, 0.2) is 41.8 Å². The quantitative estimate of drug-likeness (QED) is 0.786. The van der Waals surface area contributed by atoms with Gasteiger partial charge in [-0.2, -0.15) is 0 Å². The molecule has 0 aliphatic carbocycles. The predicted molar refractivity (Wildman–Crippen MR) is 78.6 cm³/mol. The summed E-state index contributed by atoms with van der Waals surface area (Å²) in [6, 6.07) is 11.5. The molecule has 2 aromatic rings. The molecular weight excluding hydrogens is 280 g/mol. The Morgan fingerprint density at radius 1 is 1.32 bits per heavy atom. The van der Waals surface area contributed by atoms with E-state index in [9.17, 15) is 4.79 Å². The van der Waals surface area contributed by atoms with Crippen molar-refractivity contribution in [1.29, 1.82) is 0 Å². The van der Waals surface area contributed by atoms with Gasteiger partial charge < -0.3 is 10.6 Å². The van der Waals surface area contributed by atoms with Gasteiger partial charge in [0.2, 0.25) is 0 Å². The van der Waals surface area contributed by atoms with Gasteiger partial charge in [0.05, 0.1) is 18.0 Å². The number of hydrogen-bond acceptors (Lipinski definition) is 2. The first-order valence-electron chi connectivity index (χ1n) is 6.13. The van der Waals surface area contributed by atoms with E-state index in [0.717, 1.165) is 23.0 Å². The minimum Gasteiger partial charge on any atom is -0.346 e. The zero-order valence-electron chi connectivity index (χ0n) is 10.4. The first-order chi connectivity index (χ1) is 9.25. The topological polar surface area (TPSA) is 45.7 Å². The van der Waals surface area contributed by atoms with Crippen molar-refractivity contribution in [2.75, 3.05) is 13.1 Å². The molecule has 0 aliphatic heterocycles. The van der Waals surface area contributed by atoms with Crippen LogP contribution in [0.4, 0.5) is 0 Å². The molecule has 1 heterocycles. The average molecular weight is 296 g/mol. The van der Waals surface area contributed by atoms with E-state index in [1.165, 1.54) is 16.9 Å². The van der Waals surface area contributed by atoms with Gasteiger partial charge in [0.15, 0.2) is 0 Å². The third-order valence-corrected chi connectivity index (χ3v) is 3.75. The summed E-state index contributed by atoms with van der Waals surface area (Å²) in [6.07, 6.45) is 0. The van der Waals surface area contributed by atoms with Gasteiger partial charge in [-0.15, -0.1) is 11.3 Å². The highest BCUT2D eigenvalue weighted by Crippen LogP contribution is 2.09. The highest BCUT2D eigenvalue weighted by molar-refractivity contribution is 7.12. The van der Waals surface area contributed by atoms with E-state index in [1.807, 2.05) is 41.8 Å². The molecule has 19 heavy (non-hydrogen) atoms. The highest BCUT2D eigenvalue weighted by atomic mass is 35.5. The maximum atomic E-state index is 11.7. The molecule has 0 spiro atoms. The lowest BCUT2D eigenvalue weighted by Crippen LogP contribution is -2.84. The van der Waals surface area contributed by atoms with Crippen molar-refractivity contribution in [3.63, 3.8) is 0 Å². The van der Waals surface area contributed by atoms with Crippen LogP contribution in [0.25, 0.3) is 0 Å². The second kappa shape index (κ2) is 7.28. The first kappa shape index (κ1) is 14.1. The van der Waals surface area contributed by atoms with Crippen LogP contribution >= 0.6 is 22.9 Å². The summed E-state index contributed by atoms with van der Waals surface area (Å²) >= 11 is 7.37. The lowest BCUT2D eigenvalue weighted by molar-refractivity contribution is -0.668. The zero-order chi connectivity index (χ0) is 13.5. The predicted octanol–water partition coefficient (Wildman–Crippen LogP) is 1.89. The van der Waals surface area contributed by atoms with Crippen molar-refractivity contribution < 1.29 is 10.1 Å². The minimum absolute atomic E-state index is 0.00570. The van der Waals surface area contributed by atoms with Gasteiger partial charge in [0.1, 0.15) is 6.54 Å². The number of rotatable bonds is 6. The van der Waals surface area contributed by atoms with Crippen LogP contribution in [-0.2, 0) is 6.54 Å². The van der Waals surface area contributed by atoms with Crippen molar-refractivity contribution in [3.05, 3.63) is 57.2 Å². The molecule has 1 aromatic carbocycles. The van der Waals surface area contributed by atoms with Crippen molar-refractivity contribution >= 4 is 28.8 Å². The number of carbonyl (C=O) groups is 1. The van der Waals surface area contributed by atoms with Gasteiger partial charge in [-0.1, -0.05) is 29.8 Å². The normalized spacial score (nSPS) is 10.4. The number of amides is 1. The number of thiophene rings is 1. The third-order valence-electron chi connectivity index (χ3n) is 2.65. The Morgan fingerprint density at radius 2 is 2.21 bits per heavy atom. The fourth-order valence-electron chi connectivity index (χ4n) is 1.72. The van der Waals surface area contributed by atoms with E-state index in [1.54, 1.807) is 0 Å². The Kier molecular flexibility index (Phi) is 5.39. The van der Waals surface area contributed by atoms with Gasteiger partial charge in [-0.25, -0.2) is 0 Å². The number of benzene rings is 1. The lowest BCUT2D eigenvalue weighted by atomic mass is 10.2. The third kappa shape index (κ3) is 4.67. The maximum Gasteiger partial charge on any atom is 0.261 e. The van der Waals surface area contributed by atoms with Gasteiger partial charge in [-0.3, -0.25) is 4.79 Å². The van der Waals surface area contributed by atoms with Crippen molar-refractivity contribution in [1.82, 2.24) is 5.32 Å². The average Bonchev–Trinajstić information content (AvgIpc) is 2.92. The fraction of sp³-hybridized carbons (Fsp3) is 0.214. The van der Waals surface area contributed by atoms with E-state index in [4.69, 9.17) is 11.6 Å². The second-order valence-corrected chi connectivity index (χ2v) is 5.53. The Morgan fingerprint density at radius 3 is 2.95 bits per heavy atom. The molecule has 0 fully saturated rings. The van der Waals surface area contributed by atoms with Gasteiger partial charge in [0, 0.05) is 10.6 Å². The summed E-state index contributed by atoms with van der Waals surface area (Å²) in [5.41, 5.74) is 1.19.